The fraction of sp³-hybridized carbons (Fsp3) is 0.600. The van der Waals surface area contributed by atoms with Gasteiger partial charge in [-0.15, -0.1) is 0 Å². The van der Waals surface area contributed by atoms with Crippen LogP contribution in [0.15, 0.2) is 12.4 Å². The Hall–Kier alpha value is -1.36. The lowest BCUT2D eigenvalue weighted by Gasteiger charge is -2.31. The van der Waals surface area contributed by atoms with E-state index in [0.29, 0.717) is 11.7 Å². The van der Waals surface area contributed by atoms with Crippen molar-refractivity contribution in [3.05, 3.63) is 12.4 Å². The molecule has 0 saturated carbocycles. The van der Waals surface area contributed by atoms with Gasteiger partial charge in [0.25, 0.3) is 0 Å². The van der Waals surface area contributed by atoms with Gasteiger partial charge in [0.15, 0.2) is 0 Å². The first-order valence-corrected chi connectivity index (χ1v) is 5.15. The molecule has 0 amide bonds. The van der Waals surface area contributed by atoms with Crippen molar-refractivity contribution >= 4 is 11.6 Å². The average Bonchev–Trinajstić information content (AvgIpc) is 2.30. The van der Waals surface area contributed by atoms with Crippen LogP contribution >= 0.6 is 0 Å². The van der Waals surface area contributed by atoms with E-state index in [1.807, 2.05) is 7.05 Å². The van der Waals surface area contributed by atoms with Crippen LogP contribution in [0.2, 0.25) is 0 Å². The lowest BCUT2D eigenvalue weighted by Crippen LogP contribution is -2.37. The first kappa shape index (κ1) is 10.2. The van der Waals surface area contributed by atoms with E-state index in [0.717, 1.165) is 32.0 Å². The fourth-order valence-electron chi connectivity index (χ4n) is 1.75. The van der Waals surface area contributed by atoms with Crippen molar-refractivity contribution in [2.45, 2.75) is 18.9 Å². The van der Waals surface area contributed by atoms with Crippen molar-refractivity contribution in [3.63, 3.8) is 0 Å². The number of aromatic nitrogens is 2. The topological polar surface area (TPSA) is 64.3 Å². The molecule has 0 bridgehead atoms. The van der Waals surface area contributed by atoms with Crippen LogP contribution in [0.3, 0.4) is 0 Å². The number of nitrogens with zero attached hydrogens (tertiary/aromatic N) is 3. The number of hydrogen-bond donors (Lipinski definition) is 1. The van der Waals surface area contributed by atoms with E-state index in [1.54, 1.807) is 12.4 Å². The highest BCUT2D eigenvalue weighted by atomic mass is 16.5. The Balaban J connectivity index is 2.05. The van der Waals surface area contributed by atoms with E-state index in [1.165, 1.54) is 0 Å². The lowest BCUT2D eigenvalue weighted by atomic mass is 10.1. The monoisotopic (exact) mass is 208 g/mol. The molecule has 1 aromatic heterocycles. The SMILES string of the molecule is CN(c1ncc(N)cn1)C1CCOCC1. The summed E-state index contributed by atoms with van der Waals surface area (Å²) in [6.45, 7) is 1.65. The van der Waals surface area contributed by atoms with Gasteiger partial charge in [0.05, 0.1) is 18.1 Å². The molecule has 2 N–H and O–H groups in total. The Morgan fingerprint density at radius 2 is 1.93 bits per heavy atom. The summed E-state index contributed by atoms with van der Waals surface area (Å²) in [5.41, 5.74) is 6.14. The first-order chi connectivity index (χ1) is 7.27. The van der Waals surface area contributed by atoms with Gasteiger partial charge in [0, 0.05) is 26.3 Å². The highest BCUT2D eigenvalue weighted by Crippen LogP contribution is 2.17. The molecule has 1 saturated heterocycles. The van der Waals surface area contributed by atoms with Crippen molar-refractivity contribution in [2.24, 2.45) is 0 Å². The molecule has 2 heterocycles. The molecule has 0 aromatic carbocycles. The molecule has 1 aromatic rings. The number of ether oxygens (including phenoxy) is 1. The van der Waals surface area contributed by atoms with Crippen molar-refractivity contribution in [3.8, 4) is 0 Å². The summed E-state index contributed by atoms with van der Waals surface area (Å²) in [5.74, 6) is 0.733. The van der Waals surface area contributed by atoms with Crippen molar-refractivity contribution < 1.29 is 4.74 Å². The summed E-state index contributed by atoms with van der Waals surface area (Å²) < 4.78 is 5.32. The Labute approximate surface area is 89.3 Å². The molecule has 0 unspecified atom stereocenters. The van der Waals surface area contributed by atoms with Gasteiger partial charge in [-0.1, -0.05) is 0 Å². The molecular weight excluding hydrogens is 192 g/mol. The molecule has 0 aliphatic carbocycles. The molecule has 0 radical (unpaired) electrons. The van der Waals surface area contributed by atoms with Gasteiger partial charge < -0.3 is 15.4 Å². The Morgan fingerprint density at radius 1 is 1.33 bits per heavy atom. The summed E-state index contributed by atoms with van der Waals surface area (Å²) in [4.78, 5) is 10.5. The summed E-state index contributed by atoms with van der Waals surface area (Å²) >= 11 is 0. The predicted molar refractivity (Wildman–Crippen MR) is 58.7 cm³/mol. The molecule has 1 fully saturated rings. The number of rotatable bonds is 2. The van der Waals surface area contributed by atoms with Crippen molar-refractivity contribution in [2.75, 3.05) is 30.9 Å². The third-order valence-electron chi connectivity index (χ3n) is 2.71. The van der Waals surface area contributed by atoms with Crippen LogP contribution in [0.4, 0.5) is 11.6 Å². The minimum Gasteiger partial charge on any atom is -0.396 e. The van der Waals surface area contributed by atoms with Crippen LogP contribution in [-0.2, 0) is 4.74 Å². The number of anilines is 2. The maximum absolute atomic E-state index is 5.54. The zero-order valence-electron chi connectivity index (χ0n) is 8.89. The van der Waals surface area contributed by atoms with Gasteiger partial charge >= 0.3 is 0 Å². The largest absolute Gasteiger partial charge is 0.396 e. The van der Waals surface area contributed by atoms with Crippen LogP contribution in [0, 0.1) is 0 Å². The second-order valence-corrected chi connectivity index (χ2v) is 3.77. The van der Waals surface area contributed by atoms with Crippen molar-refractivity contribution in [1.82, 2.24) is 9.97 Å². The number of nitrogen functional groups attached to an aromatic ring is 1. The predicted octanol–water partition coefficient (Wildman–Crippen LogP) is 0.674. The highest BCUT2D eigenvalue weighted by Gasteiger charge is 2.19. The van der Waals surface area contributed by atoms with Crippen LogP contribution in [-0.4, -0.2) is 36.3 Å². The highest BCUT2D eigenvalue weighted by molar-refractivity contribution is 5.38. The smallest absolute Gasteiger partial charge is 0.225 e. The average molecular weight is 208 g/mol. The quantitative estimate of drug-likeness (QED) is 0.774. The van der Waals surface area contributed by atoms with Gasteiger partial charge in [-0.2, -0.15) is 0 Å². The number of hydrogen-bond acceptors (Lipinski definition) is 5. The molecule has 15 heavy (non-hydrogen) atoms. The van der Waals surface area contributed by atoms with E-state index in [2.05, 4.69) is 14.9 Å². The Bertz CT molecular complexity index is 308. The second-order valence-electron chi connectivity index (χ2n) is 3.77. The minimum atomic E-state index is 0.474. The first-order valence-electron chi connectivity index (χ1n) is 5.15. The molecule has 1 aliphatic heterocycles. The summed E-state index contributed by atoms with van der Waals surface area (Å²) in [6.07, 6.45) is 5.34. The van der Waals surface area contributed by atoms with Gasteiger partial charge in [-0.25, -0.2) is 9.97 Å². The molecule has 1 aliphatic rings. The molecule has 2 rings (SSSR count). The van der Waals surface area contributed by atoms with Gasteiger partial charge in [-0.3, -0.25) is 0 Å². The maximum Gasteiger partial charge on any atom is 0.225 e. The van der Waals surface area contributed by atoms with Gasteiger partial charge in [0.1, 0.15) is 0 Å². The van der Waals surface area contributed by atoms with E-state index >= 15 is 0 Å². The zero-order valence-corrected chi connectivity index (χ0v) is 8.89. The molecule has 5 nitrogen and oxygen atoms in total. The third kappa shape index (κ3) is 2.36. The number of nitrogens with two attached hydrogens (primary N) is 1. The minimum absolute atomic E-state index is 0.474. The molecular formula is C10H16N4O. The molecule has 0 spiro atoms. The van der Waals surface area contributed by atoms with Crippen LogP contribution in [0.25, 0.3) is 0 Å². The molecule has 82 valence electrons. The molecule has 0 atom stereocenters. The normalized spacial score (nSPS) is 17.7. The van der Waals surface area contributed by atoms with E-state index in [-0.39, 0.29) is 0 Å². The third-order valence-corrected chi connectivity index (χ3v) is 2.71. The van der Waals surface area contributed by atoms with Gasteiger partial charge in [0.2, 0.25) is 5.95 Å². The Morgan fingerprint density at radius 3 is 2.53 bits per heavy atom. The lowest BCUT2D eigenvalue weighted by molar-refractivity contribution is 0.0852. The van der Waals surface area contributed by atoms with Crippen LogP contribution in [0.5, 0.6) is 0 Å². The van der Waals surface area contributed by atoms with E-state index < -0.39 is 0 Å². The standard InChI is InChI=1S/C10H16N4O/c1-14(9-2-4-15-5-3-9)10-12-6-8(11)7-13-10/h6-7,9H,2-5,11H2,1H3. The zero-order chi connectivity index (χ0) is 10.7. The maximum atomic E-state index is 5.54. The van der Waals surface area contributed by atoms with Crippen molar-refractivity contribution in [1.29, 1.82) is 0 Å². The summed E-state index contributed by atoms with van der Waals surface area (Å²) in [7, 11) is 2.02. The summed E-state index contributed by atoms with van der Waals surface area (Å²) in [5, 5.41) is 0. The van der Waals surface area contributed by atoms with E-state index in [9.17, 15) is 0 Å². The van der Waals surface area contributed by atoms with Crippen LogP contribution < -0.4 is 10.6 Å². The second kappa shape index (κ2) is 4.44. The van der Waals surface area contributed by atoms with Gasteiger partial charge in [-0.05, 0) is 12.8 Å². The molecule has 5 heteroatoms. The van der Waals surface area contributed by atoms with E-state index in [4.69, 9.17) is 10.5 Å². The summed E-state index contributed by atoms with van der Waals surface area (Å²) in [6, 6.07) is 0.474. The van der Waals surface area contributed by atoms with Crippen LogP contribution in [0.1, 0.15) is 12.8 Å². The Kier molecular flexibility index (Phi) is 3.01. The fourth-order valence-corrected chi connectivity index (χ4v) is 1.75.